The van der Waals surface area contributed by atoms with E-state index in [-0.39, 0.29) is 18.1 Å². The molecule has 5 heteroatoms. The van der Waals surface area contributed by atoms with Gasteiger partial charge in [0.1, 0.15) is 17.2 Å². The highest BCUT2D eigenvalue weighted by atomic mass is 19.1. The molecule has 0 saturated heterocycles. The third-order valence-corrected chi connectivity index (χ3v) is 2.73. The molecule has 0 aliphatic carbocycles. The first-order valence-electron chi connectivity index (χ1n) is 5.76. The van der Waals surface area contributed by atoms with Crippen LogP contribution in [-0.4, -0.2) is 4.98 Å². The van der Waals surface area contributed by atoms with Crippen LogP contribution in [-0.2, 0) is 6.54 Å². The molecule has 0 fully saturated rings. The van der Waals surface area contributed by atoms with Crippen LogP contribution in [0.3, 0.4) is 0 Å². The molecular formula is C14H10F2N2O. The van der Waals surface area contributed by atoms with E-state index in [1.165, 1.54) is 0 Å². The number of anilines is 1. The molecule has 0 saturated carbocycles. The summed E-state index contributed by atoms with van der Waals surface area (Å²) in [6, 6.07) is 10.9. The van der Waals surface area contributed by atoms with Gasteiger partial charge in [-0.05, 0) is 30.3 Å². The van der Waals surface area contributed by atoms with Crippen molar-refractivity contribution in [1.29, 1.82) is 0 Å². The van der Waals surface area contributed by atoms with Gasteiger partial charge in [0.25, 0.3) is 6.01 Å². The van der Waals surface area contributed by atoms with Crippen molar-refractivity contribution < 1.29 is 13.2 Å². The molecule has 0 aliphatic heterocycles. The molecule has 0 amide bonds. The number of aromatic nitrogens is 1. The maximum atomic E-state index is 13.4. The maximum Gasteiger partial charge on any atom is 0.295 e. The van der Waals surface area contributed by atoms with E-state index in [2.05, 4.69) is 10.3 Å². The van der Waals surface area contributed by atoms with Crippen LogP contribution in [0.25, 0.3) is 11.1 Å². The Balaban J connectivity index is 1.80. The zero-order chi connectivity index (χ0) is 13.2. The molecule has 0 bridgehead atoms. The van der Waals surface area contributed by atoms with Gasteiger partial charge in [-0.15, -0.1) is 0 Å². The topological polar surface area (TPSA) is 38.1 Å². The summed E-state index contributed by atoms with van der Waals surface area (Å²) >= 11 is 0. The van der Waals surface area contributed by atoms with Gasteiger partial charge < -0.3 is 9.73 Å². The lowest BCUT2D eigenvalue weighted by Crippen LogP contribution is -2.02. The van der Waals surface area contributed by atoms with Gasteiger partial charge in [0, 0.05) is 12.1 Å². The zero-order valence-electron chi connectivity index (χ0n) is 9.86. The smallest absolute Gasteiger partial charge is 0.295 e. The van der Waals surface area contributed by atoms with Crippen molar-refractivity contribution in [3.63, 3.8) is 0 Å². The summed E-state index contributed by atoms with van der Waals surface area (Å²) in [5.74, 6) is -0.944. The van der Waals surface area contributed by atoms with Crippen LogP contribution in [0.1, 0.15) is 5.56 Å². The summed E-state index contributed by atoms with van der Waals surface area (Å²) in [6.45, 7) is 0.108. The van der Waals surface area contributed by atoms with Crippen molar-refractivity contribution in [2.45, 2.75) is 6.54 Å². The van der Waals surface area contributed by atoms with E-state index in [0.717, 1.165) is 18.2 Å². The molecule has 19 heavy (non-hydrogen) atoms. The van der Waals surface area contributed by atoms with Crippen LogP contribution in [0.5, 0.6) is 0 Å². The van der Waals surface area contributed by atoms with Gasteiger partial charge in [-0.2, -0.15) is 4.98 Å². The van der Waals surface area contributed by atoms with Crippen molar-refractivity contribution in [3.05, 3.63) is 59.7 Å². The number of nitrogens with one attached hydrogen (secondary N) is 1. The predicted octanol–water partition coefficient (Wildman–Crippen LogP) is 3.72. The Morgan fingerprint density at radius 1 is 1.11 bits per heavy atom. The van der Waals surface area contributed by atoms with Gasteiger partial charge in [-0.3, -0.25) is 0 Å². The van der Waals surface area contributed by atoms with Gasteiger partial charge >= 0.3 is 0 Å². The fourth-order valence-corrected chi connectivity index (χ4v) is 1.80. The SMILES string of the molecule is Fc1ccc(F)c(CNc2nc3ccccc3o2)c1. The van der Waals surface area contributed by atoms with Crippen LogP contribution < -0.4 is 5.32 Å². The highest BCUT2D eigenvalue weighted by molar-refractivity contribution is 5.74. The normalized spacial score (nSPS) is 10.8. The number of hydrogen-bond acceptors (Lipinski definition) is 3. The highest BCUT2D eigenvalue weighted by Crippen LogP contribution is 2.19. The van der Waals surface area contributed by atoms with E-state index < -0.39 is 11.6 Å². The summed E-state index contributed by atoms with van der Waals surface area (Å²) in [4.78, 5) is 4.19. The Hall–Kier alpha value is -2.43. The number of fused-ring (bicyclic) bond motifs is 1. The van der Waals surface area contributed by atoms with Crippen molar-refractivity contribution >= 4 is 17.1 Å². The van der Waals surface area contributed by atoms with Gasteiger partial charge in [-0.1, -0.05) is 12.1 Å². The van der Waals surface area contributed by atoms with E-state index in [9.17, 15) is 8.78 Å². The minimum absolute atomic E-state index is 0.108. The van der Waals surface area contributed by atoms with Crippen LogP contribution in [0.15, 0.2) is 46.9 Å². The van der Waals surface area contributed by atoms with Crippen molar-refractivity contribution in [2.75, 3.05) is 5.32 Å². The van der Waals surface area contributed by atoms with E-state index in [4.69, 9.17) is 4.42 Å². The largest absolute Gasteiger partial charge is 0.424 e. The predicted molar refractivity (Wildman–Crippen MR) is 67.7 cm³/mol. The number of rotatable bonds is 3. The molecule has 3 aromatic rings. The molecule has 3 nitrogen and oxygen atoms in total. The second-order valence-electron chi connectivity index (χ2n) is 4.08. The summed E-state index contributed by atoms with van der Waals surface area (Å²) < 4.78 is 31.8. The van der Waals surface area contributed by atoms with Crippen LogP contribution >= 0.6 is 0 Å². The van der Waals surface area contributed by atoms with Crippen LogP contribution in [0.2, 0.25) is 0 Å². The van der Waals surface area contributed by atoms with Crippen LogP contribution in [0, 0.1) is 11.6 Å². The van der Waals surface area contributed by atoms with Gasteiger partial charge in [0.05, 0.1) is 0 Å². The fraction of sp³-hybridized carbons (Fsp3) is 0.0714. The molecule has 0 radical (unpaired) electrons. The third-order valence-electron chi connectivity index (χ3n) is 2.73. The lowest BCUT2D eigenvalue weighted by molar-refractivity contribution is 0.582. The van der Waals surface area contributed by atoms with E-state index in [1.54, 1.807) is 6.07 Å². The average Bonchev–Trinajstić information content (AvgIpc) is 2.82. The molecule has 2 aromatic carbocycles. The van der Waals surface area contributed by atoms with Gasteiger partial charge in [0.2, 0.25) is 0 Å². The Labute approximate surface area is 107 Å². The van der Waals surface area contributed by atoms with Gasteiger partial charge in [-0.25, -0.2) is 8.78 Å². The lowest BCUT2D eigenvalue weighted by atomic mass is 10.2. The van der Waals surface area contributed by atoms with Crippen molar-refractivity contribution in [2.24, 2.45) is 0 Å². The Morgan fingerprint density at radius 3 is 2.79 bits per heavy atom. The molecule has 0 atom stereocenters. The molecule has 0 unspecified atom stereocenters. The first-order valence-corrected chi connectivity index (χ1v) is 5.76. The van der Waals surface area contributed by atoms with E-state index >= 15 is 0 Å². The second kappa shape index (κ2) is 4.68. The number of benzene rings is 2. The maximum absolute atomic E-state index is 13.4. The highest BCUT2D eigenvalue weighted by Gasteiger charge is 2.07. The number of oxazole rings is 1. The monoisotopic (exact) mass is 260 g/mol. The van der Waals surface area contributed by atoms with E-state index in [1.807, 2.05) is 18.2 Å². The summed E-state index contributed by atoms with van der Waals surface area (Å²) in [5, 5.41) is 2.83. The quantitative estimate of drug-likeness (QED) is 0.780. The number of nitrogens with zero attached hydrogens (tertiary/aromatic N) is 1. The summed E-state index contributed by atoms with van der Waals surface area (Å²) in [7, 11) is 0. The molecule has 3 rings (SSSR count). The lowest BCUT2D eigenvalue weighted by Gasteiger charge is -2.03. The second-order valence-corrected chi connectivity index (χ2v) is 4.08. The first kappa shape index (κ1) is 11.6. The van der Waals surface area contributed by atoms with E-state index in [0.29, 0.717) is 11.1 Å². The van der Waals surface area contributed by atoms with Crippen molar-refractivity contribution in [3.8, 4) is 0 Å². The Kier molecular flexibility index (Phi) is 2.87. The molecule has 0 spiro atoms. The molecule has 0 aliphatic rings. The summed E-state index contributed by atoms with van der Waals surface area (Å²) in [6.07, 6.45) is 0. The van der Waals surface area contributed by atoms with Crippen molar-refractivity contribution in [1.82, 2.24) is 4.98 Å². The fourth-order valence-electron chi connectivity index (χ4n) is 1.80. The molecular weight excluding hydrogens is 250 g/mol. The molecule has 1 N–H and O–H groups in total. The number of hydrogen-bond donors (Lipinski definition) is 1. The average molecular weight is 260 g/mol. The number of para-hydroxylation sites is 2. The Bertz CT molecular complexity index is 691. The molecule has 1 aromatic heterocycles. The molecule has 1 heterocycles. The molecule has 96 valence electrons. The number of halogens is 2. The minimum atomic E-state index is -0.476. The van der Waals surface area contributed by atoms with Gasteiger partial charge in [0.15, 0.2) is 5.58 Å². The van der Waals surface area contributed by atoms with Crippen LogP contribution in [0.4, 0.5) is 14.8 Å². The Morgan fingerprint density at radius 2 is 1.95 bits per heavy atom. The first-order chi connectivity index (χ1) is 9.22. The zero-order valence-corrected chi connectivity index (χ0v) is 9.86. The standard InChI is InChI=1S/C14H10F2N2O/c15-10-5-6-11(16)9(7-10)8-17-14-18-12-3-1-2-4-13(12)19-14/h1-7H,8H2,(H,17,18). The summed E-state index contributed by atoms with van der Waals surface area (Å²) in [5.41, 5.74) is 1.58. The third kappa shape index (κ3) is 2.40. The minimum Gasteiger partial charge on any atom is -0.424 e.